The van der Waals surface area contributed by atoms with Crippen molar-refractivity contribution in [2.45, 2.75) is 6.92 Å². The third kappa shape index (κ3) is 3.72. The highest BCUT2D eigenvalue weighted by Gasteiger charge is 1.92. The van der Waals surface area contributed by atoms with Gasteiger partial charge in [0.25, 0.3) is 0 Å². The highest BCUT2D eigenvalue weighted by Crippen LogP contribution is 2.14. The van der Waals surface area contributed by atoms with Crippen LogP contribution in [0.2, 0.25) is 0 Å². The molecule has 0 saturated carbocycles. The first-order chi connectivity index (χ1) is 9.31. The van der Waals surface area contributed by atoms with Crippen molar-refractivity contribution < 1.29 is 4.74 Å². The molecule has 0 radical (unpaired) electrons. The molecule has 0 aliphatic rings. The average Bonchev–Trinajstić information content (AvgIpc) is 2.47. The van der Waals surface area contributed by atoms with Crippen molar-refractivity contribution in [3.63, 3.8) is 0 Å². The van der Waals surface area contributed by atoms with Crippen molar-refractivity contribution in [3.8, 4) is 11.8 Å². The third-order valence-corrected chi connectivity index (χ3v) is 2.70. The molecule has 0 amide bonds. The van der Waals surface area contributed by atoms with Crippen molar-refractivity contribution in [1.29, 1.82) is 5.26 Å². The predicted octanol–water partition coefficient (Wildman–Crippen LogP) is 4.13. The molecule has 2 aromatic rings. The Balaban J connectivity index is 2.07. The zero-order valence-electron chi connectivity index (χ0n) is 10.8. The zero-order valence-corrected chi connectivity index (χ0v) is 10.8. The van der Waals surface area contributed by atoms with Crippen LogP contribution in [0.3, 0.4) is 0 Å². The molecule has 0 aliphatic carbocycles. The molecule has 0 bridgehead atoms. The number of benzene rings is 2. The minimum absolute atomic E-state index is 0.679. The van der Waals surface area contributed by atoms with E-state index in [1.165, 1.54) is 0 Å². The van der Waals surface area contributed by atoms with E-state index in [9.17, 15) is 0 Å². The Morgan fingerprint density at radius 1 is 0.947 bits per heavy atom. The minimum Gasteiger partial charge on any atom is -0.494 e. The van der Waals surface area contributed by atoms with Gasteiger partial charge in [-0.15, -0.1) is 0 Å². The van der Waals surface area contributed by atoms with E-state index < -0.39 is 0 Å². The summed E-state index contributed by atoms with van der Waals surface area (Å²) in [6, 6.07) is 17.6. The van der Waals surface area contributed by atoms with Gasteiger partial charge in [0.1, 0.15) is 5.75 Å². The summed E-state index contributed by atoms with van der Waals surface area (Å²) in [5.41, 5.74) is 2.87. The lowest BCUT2D eigenvalue weighted by Crippen LogP contribution is -1.90. The lowest BCUT2D eigenvalue weighted by Gasteiger charge is -2.02. The van der Waals surface area contributed by atoms with E-state index >= 15 is 0 Å². The standard InChI is InChI=1S/C17H15NO/c1-2-19-17-11-9-15(10-12-17)4-3-14-5-7-16(13-18)8-6-14/h3-12H,2H2,1H3. The Morgan fingerprint density at radius 2 is 1.47 bits per heavy atom. The Labute approximate surface area is 113 Å². The first-order valence-corrected chi connectivity index (χ1v) is 6.23. The molecule has 19 heavy (non-hydrogen) atoms. The second-order valence-corrected chi connectivity index (χ2v) is 4.07. The second-order valence-electron chi connectivity index (χ2n) is 4.07. The van der Waals surface area contributed by atoms with Gasteiger partial charge in [0.05, 0.1) is 18.2 Å². The summed E-state index contributed by atoms with van der Waals surface area (Å²) in [4.78, 5) is 0. The van der Waals surface area contributed by atoms with Gasteiger partial charge in [-0.2, -0.15) is 5.26 Å². The maximum atomic E-state index is 8.73. The van der Waals surface area contributed by atoms with Gasteiger partial charge in [-0.1, -0.05) is 36.4 Å². The number of ether oxygens (including phenoxy) is 1. The van der Waals surface area contributed by atoms with E-state index in [0.29, 0.717) is 12.2 Å². The molecule has 0 N–H and O–H groups in total. The highest BCUT2D eigenvalue weighted by molar-refractivity contribution is 5.70. The van der Waals surface area contributed by atoms with Crippen LogP contribution in [0.1, 0.15) is 23.6 Å². The molecule has 2 nitrogen and oxygen atoms in total. The number of hydrogen-bond acceptors (Lipinski definition) is 2. The van der Waals surface area contributed by atoms with Crippen LogP contribution in [0.4, 0.5) is 0 Å². The molecule has 2 heteroatoms. The fourth-order valence-electron chi connectivity index (χ4n) is 1.70. The van der Waals surface area contributed by atoms with Crippen LogP contribution in [0.25, 0.3) is 12.2 Å². The summed E-state index contributed by atoms with van der Waals surface area (Å²) in [6.45, 7) is 2.65. The predicted molar refractivity (Wildman–Crippen MR) is 77.7 cm³/mol. The van der Waals surface area contributed by atoms with Gasteiger partial charge in [-0.05, 0) is 42.3 Å². The zero-order chi connectivity index (χ0) is 13.5. The highest BCUT2D eigenvalue weighted by atomic mass is 16.5. The van der Waals surface area contributed by atoms with Gasteiger partial charge in [0.15, 0.2) is 0 Å². The molecule has 0 fully saturated rings. The Morgan fingerprint density at radius 3 is 1.95 bits per heavy atom. The van der Waals surface area contributed by atoms with E-state index in [2.05, 4.69) is 6.07 Å². The fraction of sp³-hybridized carbons (Fsp3) is 0.118. The van der Waals surface area contributed by atoms with E-state index in [1.54, 1.807) is 0 Å². The average molecular weight is 249 g/mol. The Bertz CT molecular complexity index is 589. The normalized spacial score (nSPS) is 10.3. The van der Waals surface area contributed by atoms with Crippen LogP contribution in [-0.2, 0) is 0 Å². The summed E-state index contributed by atoms with van der Waals surface area (Å²) >= 11 is 0. The van der Waals surface area contributed by atoms with E-state index in [1.807, 2.05) is 67.6 Å². The van der Waals surface area contributed by atoms with Crippen molar-refractivity contribution >= 4 is 12.2 Å². The maximum absolute atomic E-state index is 8.73. The molecule has 0 unspecified atom stereocenters. The summed E-state index contributed by atoms with van der Waals surface area (Å²) in [5, 5.41) is 8.73. The van der Waals surface area contributed by atoms with Crippen LogP contribution in [0.5, 0.6) is 5.75 Å². The molecule has 0 atom stereocenters. The quantitative estimate of drug-likeness (QED) is 0.763. The molecule has 2 rings (SSSR count). The molecule has 2 aromatic carbocycles. The number of nitriles is 1. The molecular formula is C17H15NO. The monoisotopic (exact) mass is 249 g/mol. The van der Waals surface area contributed by atoms with E-state index in [4.69, 9.17) is 10.00 Å². The minimum atomic E-state index is 0.679. The molecule has 0 aliphatic heterocycles. The van der Waals surface area contributed by atoms with Gasteiger partial charge >= 0.3 is 0 Å². The Hall–Kier alpha value is -2.53. The lowest BCUT2D eigenvalue weighted by molar-refractivity contribution is 0.340. The smallest absolute Gasteiger partial charge is 0.119 e. The topological polar surface area (TPSA) is 33.0 Å². The first-order valence-electron chi connectivity index (χ1n) is 6.23. The SMILES string of the molecule is CCOc1ccc(C=Cc2ccc(C#N)cc2)cc1. The first kappa shape index (κ1) is 12.9. The van der Waals surface area contributed by atoms with Crippen molar-refractivity contribution in [2.24, 2.45) is 0 Å². The summed E-state index contributed by atoms with van der Waals surface area (Å²) < 4.78 is 5.39. The van der Waals surface area contributed by atoms with Crippen molar-refractivity contribution in [2.75, 3.05) is 6.61 Å². The molecule has 0 saturated heterocycles. The van der Waals surface area contributed by atoms with Gasteiger partial charge in [-0.25, -0.2) is 0 Å². The van der Waals surface area contributed by atoms with Crippen molar-refractivity contribution in [3.05, 3.63) is 65.2 Å². The van der Waals surface area contributed by atoms with Crippen molar-refractivity contribution in [1.82, 2.24) is 0 Å². The van der Waals surface area contributed by atoms with Crippen LogP contribution in [0, 0.1) is 11.3 Å². The van der Waals surface area contributed by atoms with Crippen LogP contribution in [0.15, 0.2) is 48.5 Å². The Kier molecular flexibility index (Phi) is 4.36. The van der Waals surface area contributed by atoms with Crippen LogP contribution in [-0.4, -0.2) is 6.61 Å². The molecule has 94 valence electrons. The van der Waals surface area contributed by atoms with Gasteiger partial charge in [0, 0.05) is 0 Å². The van der Waals surface area contributed by atoms with Crippen LogP contribution < -0.4 is 4.74 Å². The summed E-state index contributed by atoms with van der Waals surface area (Å²) in [7, 11) is 0. The molecule has 0 spiro atoms. The number of nitrogens with zero attached hydrogens (tertiary/aromatic N) is 1. The molecule has 0 heterocycles. The molecule has 0 aromatic heterocycles. The number of hydrogen-bond donors (Lipinski definition) is 0. The second kappa shape index (κ2) is 6.42. The largest absolute Gasteiger partial charge is 0.494 e. The molecular weight excluding hydrogens is 234 g/mol. The van der Waals surface area contributed by atoms with Gasteiger partial charge in [0.2, 0.25) is 0 Å². The number of rotatable bonds is 4. The van der Waals surface area contributed by atoms with Gasteiger partial charge < -0.3 is 4.74 Å². The van der Waals surface area contributed by atoms with Crippen LogP contribution >= 0.6 is 0 Å². The van der Waals surface area contributed by atoms with E-state index in [0.717, 1.165) is 16.9 Å². The van der Waals surface area contributed by atoms with E-state index in [-0.39, 0.29) is 0 Å². The van der Waals surface area contributed by atoms with Gasteiger partial charge in [-0.3, -0.25) is 0 Å². The maximum Gasteiger partial charge on any atom is 0.119 e. The summed E-state index contributed by atoms with van der Waals surface area (Å²) in [5.74, 6) is 0.887. The fourth-order valence-corrected chi connectivity index (χ4v) is 1.70. The summed E-state index contributed by atoms with van der Waals surface area (Å²) in [6.07, 6.45) is 4.06. The third-order valence-electron chi connectivity index (χ3n) is 2.70. The lowest BCUT2D eigenvalue weighted by atomic mass is 10.1.